The Balaban J connectivity index is 1.89. The summed E-state index contributed by atoms with van der Waals surface area (Å²) < 4.78 is 33.9. The van der Waals surface area contributed by atoms with Crippen molar-refractivity contribution in [1.29, 1.82) is 0 Å². The van der Waals surface area contributed by atoms with Gasteiger partial charge in [0.2, 0.25) is 0 Å². The van der Waals surface area contributed by atoms with Gasteiger partial charge >= 0.3 is 6.09 Å². The second-order valence-electron chi connectivity index (χ2n) is 7.92. The lowest BCUT2D eigenvalue weighted by Crippen LogP contribution is -2.45. The number of nitrogens with two attached hydrogens (primary N) is 1. The number of carbonyl (C=O) groups excluding carboxylic acids is 1. The molecule has 1 aromatic heterocycles. The van der Waals surface area contributed by atoms with Gasteiger partial charge in [0.1, 0.15) is 11.6 Å². The van der Waals surface area contributed by atoms with Crippen molar-refractivity contribution in [1.82, 2.24) is 15.6 Å². The van der Waals surface area contributed by atoms with Crippen LogP contribution in [0.2, 0.25) is 0 Å². The highest BCUT2D eigenvalue weighted by Gasteiger charge is 2.28. The molecule has 0 unspecified atom stereocenters. The number of halogens is 2. The number of aromatic nitrogens is 2. The number of carbonyl (C=O) groups is 2. The lowest BCUT2D eigenvalue weighted by molar-refractivity contribution is 0.0952. The normalized spacial score (nSPS) is 11.3. The maximum atomic E-state index is 14.3. The molecule has 4 N–H and O–H groups in total. The number of hydrogen-bond acceptors (Lipinski definition) is 6. The Bertz CT molecular complexity index is 1150. The van der Waals surface area contributed by atoms with Crippen LogP contribution in [0.1, 0.15) is 42.5 Å². The minimum Gasteiger partial charge on any atom is -0.465 e. The van der Waals surface area contributed by atoms with Crippen molar-refractivity contribution in [2.24, 2.45) is 5.84 Å². The molecule has 32 heavy (non-hydrogen) atoms. The van der Waals surface area contributed by atoms with E-state index in [0.717, 1.165) is 12.1 Å². The second kappa shape index (κ2) is 8.71. The number of rotatable bonds is 5. The Hall–Kier alpha value is -3.86. The third-order valence-corrected chi connectivity index (χ3v) is 4.55. The van der Waals surface area contributed by atoms with Crippen LogP contribution in [-0.4, -0.2) is 32.8 Å². The first-order valence-corrected chi connectivity index (χ1v) is 9.46. The van der Waals surface area contributed by atoms with E-state index in [0.29, 0.717) is 11.3 Å². The molecule has 0 fully saturated rings. The Labute approximate surface area is 181 Å². The van der Waals surface area contributed by atoms with Crippen LogP contribution in [0.3, 0.4) is 0 Å². The highest BCUT2D eigenvalue weighted by atomic mass is 19.1. The van der Waals surface area contributed by atoms with E-state index in [4.69, 9.17) is 10.4 Å². The van der Waals surface area contributed by atoms with Gasteiger partial charge in [0.05, 0.1) is 0 Å². The number of carboxylic acid groups (broad SMARTS) is 1. The van der Waals surface area contributed by atoms with E-state index >= 15 is 0 Å². The number of amides is 2. The van der Waals surface area contributed by atoms with Gasteiger partial charge < -0.3 is 9.63 Å². The number of benzene rings is 2. The van der Waals surface area contributed by atoms with E-state index in [2.05, 4.69) is 10.1 Å². The molecule has 1 heterocycles. The average Bonchev–Trinajstić information content (AvgIpc) is 3.17. The predicted octanol–water partition coefficient (Wildman–Crippen LogP) is 3.49. The molecule has 0 radical (unpaired) electrons. The lowest BCUT2D eigenvalue weighted by Gasteiger charge is -2.33. The summed E-state index contributed by atoms with van der Waals surface area (Å²) in [5.74, 6) is 2.29. The van der Waals surface area contributed by atoms with Crippen molar-refractivity contribution >= 4 is 17.7 Å². The maximum absolute atomic E-state index is 14.3. The quantitative estimate of drug-likeness (QED) is 0.311. The molecule has 0 aliphatic rings. The number of nitrogens with zero attached hydrogens (tertiary/aromatic N) is 3. The molecule has 0 saturated carbocycles. The van der Waals surface area contributed by atoms with Gasteiger partial charge in [0.25, 0.3) is 11.8 Å². The molecule has 2 aromatic carbocycles. The number of nitrogens with one attached hydrogen (secondary N) is 1. The smallest absolute Gasteiger partial charge is 0.412 e. The lowest BCUT2D eigenvalue weighted by atomic mass is 10.0. The number of hydrazine groups is 1. The van der Waals surface area contributed by atoms with E-state index < -0.39 is 29.2 Å². The first-order valence-electron chi connectivity index (χ1n) is 9.46. The molecule has 2 amide bonds. The highest BCUT2D eigenvalue weighted by molar-refractivity contribution is 5.93. The van der Waals surface area contributed by atoms with Gasteiger partial charge in [-0.05, 0) is 51.1 Å². The van der Waals surface area contributed by atoms with Crippen LogP contribution in [0.5, 0.6) is 0 Å². The fraction of sp³-hybridized carbons (Fsp3) is 0.238. The molecule has 0 saturated heterocycles. The predicted molar refractivity (Wildman–Crippen MR) is 111 cm³/mol. The molecule has 11 heteroatoms. The summed E-state index contributed by atoms with van der Waals surface area (Å²) in [5.41, 5.74) is 1.33. The molecule has 0 atom stereocenters. The van der Waals surface area contributed by atoms with Crippen molar-refractivity contribution in [3.05, 3.63) is 65.0 Å². The van der Waals surface area contributed by atoms with Gasteiger partial charge in [-0.3, -0.25) is 15.1 Å². The number of hydrogen-bond donors (Lipinski definition) is 3. The van der Waals surface area contributed by atoms with Crippen LogP contribution in [0.25, 0.3) is 11.5 Å². The molecule has 3 aromatic rings. The molecule has 168 valence electrons. The van der Waals surface area contributed by atoms with Crippen LogP contribution in [-0.2, 0) is 6.42 Å². The van der Waals surface area contributed by atoms with Crippen LogP contribution in [0, 0.1) is 11.6 Å². The SMILES string of the molecule is CC(C)(C)N(C(=O)O)c1cccc(-c2nc(Cc3c(F)cc(C(=O)NN)cc3F)no2)c1. The Morgan fingerprint density at radius 3 is 2.41 bits per heavy atom. The highest BCUT2D eigenvalue weighted by Crippen LogP contribution is 2.29. The first-order chi connectivity index (χ1) is 15.0. The van der Waals surface area contributed by atoms with Crippen LogP contribution >= 0.6 is 0 Å². The third kappa shape index (κ3) is 4.72. The first kappa shape index (κ1) is 22.8. The molecule has 0 bridgehead atoms. The number of nitrogen functional groups attached to an aromatic ring is 1. The van der Waals surface area contributed by atoms with Gasteiger partial charge in [-0.15, -0.1) is 0 Å². The molecule has 3 rings (SSSR count). The summed E-state index contributed by atoms with van der Waals surface area (Å²) in [4.78, 5) is 28.6. The third-order valence-electron chi connectivity index (χ3n) is 4.55. The van der Waals surface area contributed by atoms with E-state index in [9.17, 15) is 23.5 Å². The fourth-order valence-electron chi connectivity index (χ4n) is 3.15. The molecular weight excluding hydrogens is 424 g/mol. The topological polar surface area (TPSA) is 135 Å². The molecule has 0 aliphatic heterocycles. The Morgan fingerprint density at radius 1 is 1.19 bits per heavy atom. The largest absolute Gasteiger partial charge is 0.465 e. The van der Waals surface area contributed by atoms with Crippen molar-refractivity contribution in [3.8, 4) is 11.5 Å². The standard InChI is InChI=1S/C21H21F2N5O4/c1-21(2,3)28(20(30)31)13-6-4-5-11(7-13)19-25-17(27-32-19)10-14-15(22)8-12(9-16(14)23)18(29)26-24/h4-9H,10,24H2,1-3H3,(H,26,29)(H,30,31). The molecule has 9 nitrogen and oxygen atoms in total. The van der Waals surface area contributed by atoms with Gasteiger partial charge in [-0.25, -0.2) is 19.4 Å². The van der Waals surface area contributed by atoms with E-state index in [1.54, 1.807) is 50.5 Å². The van der Waals surface area contributed by atoms with Crippen molar-refractivity contribution < 1.29 is 28.0 Å². The summed E-state index contributed by atoms with van der Waals surface area (Å²) in [6.07, 6.45) is -1.45. The summed E-state index contributed by atoms with van der Waals surface area (Å²) in [6, 6.07) is 8.19. The average molecular weight is 445 g/mol. The Kier molecular flexibility index (Phi) is 6.21. The van der Waals surface area contributed by atoms with Crippen molar-refractivity contribution in [2.75, 3.05) is 4.90 Å². The monoisotopic (exact) mass is 445 g/mol. The molecule has 0 aliphatic carbocycles. The van der Waals surface area contributed by atoms with Crippen molar-refractivity contribution in [2.45, 2.75) is 32.7 Å². The summed E-state index contributed by atoms with van der Waals surface area (Å²) in [5, 5.41) is 13.3. The summed E-state index contributed by atoms with van der Waals surface area (Å²) in [6.45, 7) is 5.26. The van der Waals surface area contributed by atoms with Gasteiger partial charge in [0, 0.05) is 34.3 Å². The maximum Gasteiger partial charge on any atom is 0.412 e. The zero-order valence-corrected chi connectivity index (χ0v) is 17.5. The minimum atomic E-state index is -1.13. The minimum absolute atomic E-state index is 0.00476. The van der Waals surface area contributed by atoms with Gasteiger partial charge in [0.15, 0.2) is 5.82 Å². The van der Waals surface area contributed by atoms with Gasteiger partial charge in [-0.1, -0.05) is 11.2 Å². The zero-order chi connectivity index (χ0) is 23.6. The molecular formula is C21H21F2N5O4. The molecule has 0 spiro atoms. The summed E-state index contributed by atoms with van der Waals surface area (Å²) in [7, 11) is 0. The summed E-state index contributed by atoms with van der Waals surface area (Å²) >= 11 is 0. The van der Waals surface area contributed by atoms with Crippen LogP contribution in [0.4, 0.5) is 19.3 Å². The fourth-order valence-corrected chi connectivity index (χ4v) is 3.15. The second-order valence-corrected chi connectivity index (χ2v) is 7.92. The Morgan fingerprint density at radius 2 is 1.84 bits per heavy atom. The number of anilines is 1. The van der Waals surface area contributed by atoms with Crippen molar-refractivity contribution in [3.63, 3.8) is 0 Å². The van der Waals surface area contributed by atoms with Gasteiger partial charge in [-0.2, -0.15) is 4.98 Å². The van der Waals surface area contributed by atoms with Crippen LogP contribution < -0.4 is 16.2 Å². The zero-order valence-electron chi connectivity index (χ0n) is 17.5. The van der Waals surface area contributed by atoms with E-state index in [1.165, 1.54) is 4.90 Å². The van der Waals surface area contributed by atoms with Crippen LogP contribution in [0.15, 0.2) is 40.9 Å². The van der Waals surface area contributed by atoms with E-state index in [-0.39, 0.29) is 29.3 Å². The van der Waals surface area contributed by atoms with E-state index in [1.807, 2.05) is 0 Å².